The number of benzene rings is 1. The van der Waals surface area contributed by atoms with Gasteiger partial charge in [0, 0.05) is 30.1 Å². The number of carbonyl (C=O) groups excluding carboxylic acids is 1. The van der Waals surface area contributed by atoms with Gasteiger partial charge in [-0.2, -0.15) is 0 Å². The molecular weight excluding hydrogens is 222 g/mol. The lowest BCUT2D eigenvalue weighted by molar-refractivity contribution is -0.116. The van der Waals surface area contributed by atoms with E-state index in [1.54, 1.807) is 6.92 Å². The Morgan fingerprint density at radius 1 is 1.33 bits per heavy atom. The number of ketones is 1. The fourth-order valence-electron chi connectivity index (χ4n) is 2.53. The normalized spacial score (nSPS) is 11.1. The maximum Gasteiger partial charge on any atom is 0.130 e. The van der Waals surface area contributed by atoms with E-state index in [0.29, 0.717) is 6.42 Å². The van der Waals surface area contributed by atoms with E-state index in [1.165, 1.54) is 27.7 Å². The van der Waals surface area contributed by atoms with Crippen LogP contribution < -0.4 is 0 Å². The molecule has 2 rings (SSSR count). The van der Waals surface area contributed by atoms with Crippen molar-refractivity contribution in [2.24, 2.45) is 7.05 Å². The van der Waals surface area contributed by atoms with Gasteiger partial charge in [0.05, 0.1) is 0 Å². The molecule has 0 amide bonds. The molecule has 96 valence electrons. The number of aromatic nitrogens is 1. The zero-order valence-corrected chi connectivity index (χ0v) is 11.7. The largest absolute Gasteiger partial charge is 0.348 e. The minimum Gasteiger partial charge on any atom is -0.348 e. The summed E-state index contributed by atoms with van der Waals surface area (Å²) in [5.74, 6) is 0.262. The lowest BCUT2D eigenvalue weighted by Crippen LogP contribution is -1.96. The first-order chi connectivity index (χ1) is 8.54. The van der Waals surface area contributed by atoms with Gasteiger partial charge >= 0.3 is 0 Å². The summed E-state index contributed by atoms with van der Waals surface area (Å²) in [5.41, 5.74) is 5.23. The summed E-state index contributed by atoms with van der Waals surface area (Å²) in [5, 5.41) is 1.32. The van der Waals surface area contributed by atoms with Gasteiger partial charge < -0.3 is 9.36 Å². The van der Waals surface area contributed by atoms with Crippen LogP contribution in [-0.4, -0.2) is 10.4 Å². The van der Waals surface area contributed by atoms with Gasteiger partial charge in [-0.3, -0.25) is 0 Å². The fraction of sp³-hybridized carbons (Fsp3) is 0.438. The van der Waals surface area contributed by atoms with Crippen LogP contribution >= 0.6 is 0 Å². The molecule has 0 radical (unpaired) electrons. The van der Waals surface area contributed by atoms with Crippen molar-refractivity contribution in [2.75, 3.05) is 0 Å². The Morgan fingerprint density at radius 2 is 2.06 bits per heavy atom. The third-order valence-corrected chi connectivity index (χ3v) is 3.82. The van der Waals surface area contributed by atoms with Crippen molar-refractivity contribution < 1.29 is 4.79 Å². The summed E-state index contributed by atoms with van der Waals surface area (Å²) in [6, 6.07) is 6.66. The summed E-state index contributed by atoms with van der Waals surface area (Å²) in [6.07, 6.45) is 2.54. The van der Waals surface area contributed by atoms with Gasteiger partial charge in [-0.25, -0.2) is 0 Å². The summed E-state index contributed by atoms with van der Waals surface area (Å²) in [7, 11) is 2.10. The van der Waals surface area contributed by atoms with Crippen LogP contribution in [0.25, 0.3) is 10.9 Å². The fourth-order valence-corrected chi connectivity index (χ4v) is 2.53. The van der Waals surface area contributed by atoms with Gasteiger partial charge in [-0.05, 0) is 49.9 Å². The molecule has 1 aromatic heterocycles. The van der Waals surface area contributed by atoms with E-state index < -0.39 is 0 Å². The number of rotatable bonds is 4. The van der Waals surface area contributed by atoms with Crippen LogP contribution in [-0.2, 0) is 24.7 Å². The second-order valence-electron chi connectivity index (χ2n) is 5.03. The van der Waals surface area contributed by atoms with Crippen LogP contribution in [0.5, 0.6) is 0 Å². The molecule has 0 saturated carbocycles. The number of carbonyl (C=O) groups is 1. The Hall–Kier alpha value is -1.57. The summed E-state index contributed by atoms with van der Waals surface area (Å²) in [4.78, 5) is 11.2. The van der Waals surface area contributed by atoms with Crippen LogP contribution in [0.1, 0.15) is 37.1 Å². The first-order valence-corrected chi connectivity index (χ1v) is 6.60. The Balaban J connectivity index is 2.55. The second-order valence-corrected chi connectivity index (χ2v) is 5.03. The number of nitrogens with zero attached hydrogens (tertiary/aromatic N) is 1. The third kappa shape index (κ3) is 2.20. The average molecular weight is 243 g/mol. The molecule has 0 saturated heterocycles. The van der Waals surface area contributed by atoms with Crippen LogP contribution in [0.3, 0.4) is 0 Å². The highest BCUT2D eigenvalue weighted by atomic mass is 16.1. The molecule has 2 heteroatoms. The molecular formula is C16H21NO. The van der Waals surface area contributed by atoms with Crippen molar-refractivity contribution in [1.82, 2.24) is 4.57 Å². The molecule has 0 aliphatic heterocycles. The van der Waals surface area contributed by atoms with Crippen molar-refractivity contribution in [1.29, 1.82) is 0 Å². The van der Waals surface area contributed by atoms with E-state index >= 15 is 0 Å². The molecule has 0 aliphatic carbocycles. The minimum atomic E-state index is 0.262. The summed E-state index contributed by atoms with van der Waals surface area (Å²) >= 11 is 0. The first kappa shape index (κ1) is 12.9. The molecule has 0 unspecified atom stereocenters. The molecule has 0 spiro atoms. The Morgan fingerprint density at radius 3 is 2.67 bits per heavy atom. The molecule has 0 atom stereocenters. The Kier molecular flexibility index (Phi) is 3.55. The van der Waals surface area contributed by atoms with Crippen LogP contribution in [0.2, 0.25) is 0 Å². The van der Waals surface area contributed by atoms with E-state index in [-0.39, 0.29) is 5.78 Å². The molecule has 0 fully saturated rings. The van der Waals surface area contributed by atoms with Crippen molar-refractivity contribution in [3.8, 4) is 0 Å². The van der Waals surface area contributed by atoms with Crippen LogP contribution in [0.15, 0.2) is 18.2 Å². The standard InChI is InChI=1S/C16H21NO/c1-5-13-7-9-16-15(10-13)14(8-6-11(2)18)12(3)17(16)4/h7,9-10H,5-6,8H2,1-4H3. The molecule has 0 N–H and O–H groups in total. The van der Waals surface area contributed by atoms with Crippen molar-refractivity contribution in [2.45, 2.75) is 40.0 Å². The highest BCUT2D eigenvalue weighted by molar-refractivity contribution is 5.87. The molecule has 1 aromatic carbocycles. The number of fused-ring (bicyclic) bond motifs is 1. The minimum absolute atomic E-state index is 0.262. The van der Waals surface area contributed by atoms with Gasteiger partial charge in [-0.1, -0.05) is 13.0 Å². The van der Waals surface area contributed by atoms with Crippen LogP contribution in [0, 0.1) is 6.92 Å². The van der Waals surface area contributed by atoms with Gasteiger partial charge in [0.2, 0.25) is 0 Å². The number of hydrogen-bond donors (Lipinski definition) is 0. The van der Waals surface area contributed by atoms with Gasteiger partial charge in [-0.15, -0.1) is 0 Å². The zero-order chi connectivity index (χ0) is 13.3. The van der Waals surface area contributed by atoms with E-state index in [2.05, 4.69) is 43.7 Å². The maximum atomic E-state index is 11.2. The van der Waals surface area contributed by atoms with Gasteiger partial charge in [0.1, 0.15) is 5.78 Å². The summed E-state index contributed by atoms with van der Waals surface area (Å²) < 4.78 is 2.23. The molecule has 1 heterocycles. The third-order valence-electron chi connectivity index (χ3n) is 3.82. The lowest BCUT2D eigenvalue weighted by Gasteiger charge is -2.01. The van der Waals surface area contributed by atoms with E-state index in [9.17, 15) is 4.79 Å². The van der Waals surface area contributed by atoms with Crippen LogP contribution in [0.4, 0.5) is 0 Å². The van der Waals surface area contributed by atoms with E-state index in [1.807, 2.05) is 0 Å². The highest BCUT2D eigenvalue weighted by Gasteiger charge is 2.12. The SMILES string of the molecule is CCc1ccc2c(c1)c(CCC(C)=O)c(C)n2C. The highest BCUT2D eigenvalue weighted by Crippen LogP contribution is 2.27. The van der Waals surface area contributed by atoms with Gasteiger partial charge in [0.15, 0.2) is 0 Å². The van der Waals surface area contributed by atoms with Gasteiger partial charge in [0.25, 0.3) is 0 Å². The Labute approximate surface area is 109 Å². The predicted molar refractivity (Wildman–Crippen MR) is 76.0 cm³/mol. The average Bonchev–Trinajstić information content (AvgIpc) is 2.59. The molecule has 18 heavy (non-hydrogen) atoms. The smallest absolute Gasteiger partial charge is 0.130 e. The number of aryl methyl sites for hydroxylation is 3. The topological polar surface area (TPSA) is 22.0 Å². The second kappa shape index (κ2) is 4.97. The number of Topliss-reactive ketones (excluding diaryl/α,β-unsaturated/α-hetero) is 1. The summed E-state index contributed by atoms with van der Waals surface area (Å²) in [6.45, 7) is 5.98. The molecule has 0 aliphatic rings. The monoisotopic (exact) mass is 243 g/mol. The van der Waals surface area contributed by atoms with E-state index in [4.69, 9.17) is 0 Å². The van der Waals surface area contributed by atoms with Crippen molar-refractivity contribution >= 4 is 16.7 Å². The quantitative estimate of drug-likeness (QED) is 0.804. The van der Waals surface area contributed by atoms with Crippen molar-refractivity contribution in [3.63, 3.8) is 0 Å². The van der Waals surface area contributed by atoms with E-state index in [0.717, 1.165) is 12.8 Å². The predicted octanol–water partition coefficient (Wildman–Crippen LogP) is 3.57. The van der Waals surface area contributed by atoms with Crippen molar-refractivity contribution in [3.05, 3.63) is 35.0 Å². The lowest BCUT2D eigenvalue weighted by atomic mass is 10.0. The number of hydrogen-bond acceptors (Lipinski definition) is 1. The Bertz CT molecular complexity index is 593. The zero-order valence-electron chi connectivity index (χ0n) is 11.7. The molecule has 0 bridgehead atoms. The first-order valence-electron chi connectivity index (χ1n) is 6.60. The maximum absolute atomic E-state index is 11.2. The molecule has 2 nitrogen and oxygen atoms in total. The molecule has 2 aromatic rings.